The summed E-state index contributed by atoms with van der Waals surface area (Å²) >= 11 is 0. The molecular formula is C23H30N6O. The third-order valence-corrected chi connectivity index (χ3v) is 5.64. The first-order valence-corrected chi connectivity index (χ1v) is 10.7. The van der Waals surface area contributed by atoms with Crippen molar-refractivity contribution in [1.82, 2.24) is 25.1 Å². The summed E-state index contributed by atoms with van der Waals surface area (Å²) in [6.45, 7) is 4.95. The van der Waals surface area contributed by atoms with Gasteiger partial charge in [-0.05, 0) is 30.5 Å². The zero-order valence-corrected chi connectivity index (χ0v) is 17.6. The molecule has 0 saturated carbocycles. The fourth-order valence-corrected chi connectivity index (χ4v) is 4.00. The second kappa shape index (κ2) is 10.3. The molecule has 1 saturated heterocycles. The first kappa shape index (κ1) is 20.5. The molecule has 4 rings (SSSR count). The van der Waals surface area contributed by atoms with Gasteiger partial charge in [-0.25, -0.2) is 4.98 Å². The minimum absolute atomic E-state index is 0.411. The van der Waals surface area contributed by atoms with Crippen LogP contribution in [0.25, 0.3) is 0 Å². The third-order valence-electron chi connectivity index (χ3n) is 5.64. The molecule has 0 spiro atoms. The van der Waals surface area contributed by atoms with Gasteiger partial charge < -0.3 is 19.5 Å². The maximum atomic E-state index is 5.14. The first-order valence-electron chi connectivity index (χ1n) is 10.7. The highest BCUT2D eigenvalue weighted by Crippen LogP contribution is 2.29. The van der Waals surface area contributed by atoms with Crippen LogP contribution in [0, 0.1) is 0 Å². The Kier molecular flexibility index (Phi) is 7.05. The average Bonchev–Trinajstić information content (AvgIpc) is 3.20. The van der Waals surface area contributed by atoms with Gasteiger partial charge in [0.1, 0.15) is 17.5 Å². The van der Waals surface area contributed by atoms with Crippen LogP contribution in [0.2, 0.25) is 0 Å². The summed E-state index contributed by atoms with van der Waals surface area (Å²) in [6, 6.07) is 16.6. The SMILES string of the molecule is COCCNCc1nnc(C2CCN(c3ccccn3)CC2)n1Cc1ccccc1. The Labute approximate surface area is 178 Å². The molecule has 0 unspecified atom stereocenters. The molecule has 0 radical (unpaired) electrons. The number of nitrogens with zero attached hydrogens (tertiary/aromatic N) is 5. The second-order valence-electron chi connectivity index (χ2n) is 7.67. The minimum Gasteiger partial charge on any atom is -0.383 e. The van der Waals surface area contributed by atoms with Gasteiger partial charge in [0, 0.05) is 38.9 Å². The lowest BCUT2D eigenvalue weighted by Gasteiger charge is -2.32. The van der Waals surface area contributed by atoms with Crippen LogP contribution < -0.4 is 10.2 Å². The van der Waals surface area contributed by atoms with Crippen LogP contribution in [0.4, 0.5) is 5.82 Å². The molecule has 2 aromatic heterocycles. The van der Waals surface area contributed by atoms with Crippen molar-refractivity contribution in [2.75, 3.05) is 38.3 Å². The largest absolute Gasteiger partial charge is 0.383 e. The summed E-state index contributed by atoms with van der Waals surface area (Å²) in [6.07, 6.45) is 3.97. The highest BCUT2D eigenvalue weighted by Gasteiger charge is 2.26. The number of hydrogen-bond donors (Lipinski definition) is 1. The number of ether oxygens (including phenoxy) is 1. The number of rotatable bonds is 9. The first-order chi connectivity index (χ1) is 14.8. The highest BCUT2D eigenvalue weighted by atomic mass is 16.5. The maximum Gasteiger partial charge on any atom is 0.147 e. The molecule has 158 valence electrons. The lowest BCUT2D eigenvalue weighted by atomic mass is 9.95. The molecule has 7 nitrogen and oxygen atoms in total. The van der Waals surface area contributed by atoms with Gasteiger partial charge in [-0.15, -0.1) is 10.2 Å². The predicted molar refractivity (Wildman–Crippen MR) is 118 cm³/mol. The predicted octanol–water partition coefficient (Wildman–Crippen LogP) is 2.84. The van der Waals surface area contributed by atoms with Crippen LogP contribution in [0.3, 0.4) is 0 Å². The molecule has 1 N–H and O–H groups in total. The van der Waals surface area contributed by atoms with Crippen molar-refractivity contribution in [3.63, 3.8) is 0 Å². The molecule has 0 amide bonds. The van der Waals surface area contributed by atoms with Crippen molar-refractivity contribution >= 4 is 5.82 Å². The number of hydrogen-bond acceptors (Lipinski definition) is 6. The smallest absolute Gasteiger partial charge is 0.147 e. The fraction of sp³-hybridized carbons (Fsp3) is 0.435. The van der Waals surface area contributed by atoms with E-state index in [-0.39, 0.29) is 0 Å². The number of piperidine rings is 1. The number of benzene rings is 1. The van der Waals surface area contributed by atoms with E-state index in [0.29, 0.717) is 19.1 Å². The summed E-state index contributed by atoms with van der Waals surface area (Å²) in [5.74, 6) is 3.55. The van der Waals surface area contributed by atoms with Crippen LogP contribution >= 0.6 is 0 Å². The molecule has 30 heavy (non-hydrogen) atoms. The monoisotopic (exact) mass is 406 g/mol. The quantitative estimate of drug-likeness (QED) is 0.551. The van der Waals surface area contributed by atoms with Crippen LogP contribution in [0.15, 0.2) is 54.7 Å². The molecule has 3 heterocycles. The highest BCUT2D eigenvalue weighted by molar-refractivity contribution is 5.38. The van der Waals surface area contributed by atoms with Gasteiger partial charge in [-0.2, -0.15) is 0 Å². The van der Waals surface area contributed by atoms with Crippen LogP contribution in [0.1, 0.15) is 36.0 Å². The zero-order valence-electron chi connectivity index (χ0n) is 17.6. The van der Waals surface area contributed by atoms with Gasteiger partial charge in [0.15, 0.2) is 0 Å². The van der Waals surface area contributed by atoms with E-state index in [1.807, 2.05) is 18.3 Å². The van der Waals surface area contributed by atoms with Crippen molar-refractivity contribution in [2.45, 2.75) is 31.8 Å². The van der Waals surface area contributed by atoms with Crippen molar-refractivity contribution in [2.24, 2.45) is 0 Å². The maximum absolute atomic E-state index is 5.14. The van der Waals surface area contributed by atoms with Crippen LogP contribution in [-0.2, 0) is 17.8 Å². The van der Waals surface area contributed by atoms with Gasteiger partial charge >= 0.3 is 0 Å². The number of aromatic nitrogens is 4. The minimum atomic E-state index is 0.411. The lowest BCUT2D eigenvalue weighted by molar-refractivity contribution is 0.199. The van der Waals surface area contributed by atoms with E-state index in [1.54, 1.807) is 7.11 Å². The number of nitrogens with one attached hydrogen (secondary N) is 1. The summed E-state index contributed by atoms with van der Waals surface area (Å²) in [5, 5.41) is 12.6. The normalized spacial score (nSPS) is 14.9. The topological polar surface area (TPSA) is 68.1 Å². The Hall–Kier alpha value is -2.77. The average molecular weight is 407 g/mol. The van der Waals surface area contributed by atoms with E-state index in [0.717, 1.165) is 56.5 Å². The number of methoxy groups -OCH3 is 1. The van der Waals surface area contributed by atoms with E-state index in [2.05, 4.69) is 66.4 Å². The van der Waals surface area contributed by atoms with Crippen molar-refractivity contribution in [3.05, 3.63) is 71.9 Å². The summed E-state index contributed by atoms with van der Waals surface area (Å²) in [4.78, 5) is 6.86. The van der Waals surface area contributed by atoms with Gasteiger partial charge in [-0.1, -0.05) is 36.4 Å². The summed E-state index contributed by atoms with van der Waals surface area (Å²) in [5.41, 5.74) is 1.27. The molecule has 0 aliphatic carbocycles. The molecule has 3 aromatic rings. The van der Waals surface area contributed by atoms with Crippen molar-refractivity contribution in [1.29, 1.82) is 0 Å². The van der Waals surface area contributed by atoms with E-state index in [4.69, 9.17) is 4.74 Å². The van der Waals surface area contributed by atoms with Gasteiger partial charge in [0.25, 0.3) is 0 Å². The zero-order chi connectivity index (χ0) is 20.6. The summed E-state index contributed by atoms with van der Waals surface area (Å²) in [7, 11) is 1.72. The standard InChI is InChI=1S/C23H30N6O/c1-30-16-13-24-17-22-26-27-23(29(22)18-19-7-3-2-4-8-19)20-10-14-28(15-11-20)21-9-5-6-12-25-21/h2-9,12,20,24H,10-11,13-18H2,1H3. The van der Waals surface area contributed by atoms with Gasteiger partial charge in [0.05, 0.1) is 19.7 Å². The molecule has 1 aliphatic rings. The molecule has 0 atom stereocenters. The molecule has 0 bridgehead atoms. The third kappa shape index (κ3) is 5.04. The number of pyridine rings is 1. The molecule has 1 aromatic carbocycles. The fourth-order valence-electron chi connectivity index (χ4n) is 4.00. The van der Waals surface area contributed by atoms with Gasteiger partial charge in [-0.3, -0.25) is 0 Å². The molecule has 1 fully saturated rings. The van der Waals surface area contributed by atoms with E-state index in [9.17, 15) is 0 Å². The summed E-state index contributed by atoms with van der Waals surface area (Å²) < 4.78 is 7.44. The molecular weight excluding hydrogens is 376 g/mol. The Balaban J connectivity index is 1.48. The van der Waals surface area contributed by atoms with E-state index >= 15 is 0 Å². The van der Waals surface area contributed by atoms with Crippen molar-refractivity contribution in [3.8, 4) is 0 Å². The molecule has 7 heteroatoms. The van der Waals surface area contributed by atoms with E-state index < -0.39 is 0 Å². The second-order valence-corrected chi connectivity index (χ2v) is 7.67. The van der Waals surface area contributed by atoms with Gasteiger partial charge in [0.2, 0.25) is 0 Å². The Morgan fingerprint density at radius 1 is 1.03 bits per heavy atom. The lowest BCUT2D eigenvalue weighted by Crippen LogP contribution is -2.34. The van der Waals surface area contributed by atoms with Crippen molar-refractivity contribution < 1.29 is 4.74 Å². The number of anilines is 1. The Bertz CT molecular complexity index is 891. The Morgan fingerprint density at radius 3 is 2.57 bits per heavy atom. The molecule has 1 aliphatic heterocycles. The van der Waals surface area contributed by atoms with Crippen LogP contribution in [0.5, 0.6) is 0 Å². The van der Waals surface area contributed by atoms with E-state index in [1.165, 1.54) is 5.56 Å². The van der Waals surface area contributed by atoms with Crippen LogP contribution in [-0.4, -0.2) is 53.1 Å². The Morgan fingerprint density at radius 2 is 1.83 bits per heavy atom.